The van der Waals surface area contributed by atoms with Crippen LogP contribution in [0.2, 0.25) is 0 Å². The highest BCUT2D eigenvalue weighted by molar-refractivity contribution is 7.11. The molecule has 0 radical (unpaired) electrons. The molecule has 1 nitrogen and oxygen atoms in total. The summed E-state index contributed by atoms with van der Waals surface area (Å²) >= 11 is 1.83. The van der Waals surface area contributed by atoms with Crippen molar-refractivity contribution < 1.29 is 0 Å². The Bertz CT molecular complexity index is 515. The normalized spacial score (nSPS) is 17.7. The Kier molecular flexibility index (Phi) is 3.86. The van der Waals surface area contributed by atoms with E-state index in [0.29, 0.717) is 0 Å². The lowest BCUT2D eigenvalue weighted by molar-refractivity contribution is 0.627. The van der Waals surface area contributed by atoms with E-state index in [-0.39, 0.29) is 5.41 Å². The van der Waals surface area contributed by atoms with Crippen molar-refractivity contribution in [2.45, 2.75) is 40.5 Å². The van der Waals surface area contributed by atoms with Crippen LogP contribution in [0.25, 0.3) is 0 Å². The van der Waals surface area contributed by atoms with Gasteiger partial charge in [0, 0.05) is 16.7 Å². The highest BCUT2D eigenvalue weighted by Gasteiger charge is 2.12. The molecule has 0 saturated carbocycles. The van der Waals surface area contributed by atoms with Gasteiger partial charge in [-0.25, -0.2) is 4.98 Å². The van der Waals surface area contributed by atoms with Crippen molar-refractivity contribution >= 4 is 11.3 Å². The Morgan fingerprint density at radius 3 is 2.72 bits per heavy atom. The van der Waals surface area contributed by atoms with Gasteiger partial charge < -0.3 is 0 Å². The van der Waals surface area contributed by atoms with Crippen molar-refractivity contribution in [3.8, 4) is 0 Å². The highest BCUT2D eigenvalue weighted by atomic mass is 32.1. The highest BCUT2D eigenvalue weighted by Crippen LogP contribution is 2.25. The summed E-state index contributed by atoms with van der Waals surface area (Å²) in [4.78, 5) is 6.07. The molecule has 0 atom stereocenters. The first-order valence-corrected chi connectivity index (χ1v) is 7.34. The van der Waals surface area contributed by atoms with Gasteiger partial charge in [0.05, 0.1) is 10.7 Å². The lowest BCUT2D eigenvalue weighted by Crippen LogP contribution is -2.00. The summed E-state index contributed by atoms with van der Waals surface area (Å²) in [6, 6.07) is 0. The van der Waals surface area contributed by atoms with Crippen molar-refractivity contribution in [3.05, 3.63) is 51.5 Å². The zero-order valence-electron chi connectivity index (χ0n) is 11.7. The van der Waals surface area contributed by atoms with Gasteiger partial charge in [-0.1, -0.05) is 51.2 Å². The molecule has 2 heteroatoms. The van der Waals surface area contributed by atoms with Crippen molar-refractivity contribution in [3.63, 3.8) is 0 Å². The number of hydrogen-bond acceptors (Lipinski definition) is 2. The largest absolute Gasteiger partial charge is 0.246 e. The van der Waals surface area contributed by atoms with Gasteiger partial charge in [-0.05, 0) is 18.9 Å². The van der Waals surface area contributed by atoms with Gasteiger partial charge in [0.2, 0.25) is 0 Å². The minimum atomic E-state index is 0.158. The molecule has 0 unspecified atom stereocenters. The zero-order chi connectivity index (χ0) is 13.2. The van der Waals surface area contributed by atoms with E-state index in [4.69, 9.17) is 4.98 Å². The topological polar surface area (TPSA) is 12.9 Å². The van der Waals surface area contributed by atoms with Gasteiger partial charge in [-0.15, -0.1) is 11.3 Å². The maximum Gasteiger partial charge on any atom is 0.0974 e. The Balaban J connectivity index is 2.15. The predicted molar refractivity (Wildman–Crippen MR) is 80.1 cm³/mol. The summed E-state index contributed by atoms with van der Waals surface area (Å²) in [6.45, 7) is 8.78. The van der Waals surface area contributed by atoms with E-state index in [0.717, 1.165) is 12.8 Å². The van der Waals surface area contributed by atoms with Crippen LogP contribution in [0.4, 0.5) is 0 Å². The standard InChI is InChI=1S/C16H21NS/c1-5-14-12(2)18-15(17-14)11-13-7-6-9-16(3,4)10-8-13/h6-10H,5,11H2,1-4H3. The molecule has 96 valence electrons. The third kappa shape index (κ3) is 3.20. The molecular weight excluding hydrogens is 238 g/mol. The maximum absolute atomic E-state index is 4.71. The lowest BCUT2D eigenvalue weighted by Gasteiger charge is -2.12. The van der Waals surface area contributed by atoms with Crippen LogP contribution >= 0.6 is 11.3 Å². The summed E-state index contributed by atoms with van der Waals surface area (Å²) < 4.78 is 0. The molecule has 18 heavy (non-hydrogen) atoms. The predicted octanol–water partition coefficient (Wildman–Crippen LogP) is 4.64. The first kappa shape index (κ1) is 13.3. The Morgan fingerprint density at radius 2 is 2.06 bits per heavy atom. The van der Waals surface area contributed by atoms with Gasteiger partial charge in [0.15, 0.2) is 0 Å². The van der Waals surface area contributed by atoms with Crippen LogP contribution in [-0.2, 0) is 12.8 Å². The molecule has 1 aromatic heterocycles. The molecule has 0 saturated heterocycles. The third-order valence-corrected chi connectivity index (χ3v) is 4.20. The number of nitrogens with zero attached hydrogens (tertiary/aromatic N) is 1. The molecule has 2 rings (SSSR count). The monoisotopic (exact) mass is 259 g/mol. The van der Waals surface area contributed by atoms with Crippen molar-refractivity contribution in [1.29, 1.82) is 0 Å². The summed E-state index contributed by atoms with van der Waals surface area (Å²) in [7, 11) is 0. The molecule has 0 amide bonds. The minimum Gasteiger partial charge on any atom is -0.246 e. The molecule has 1 aliphatic rings. The van der Waals surface area contributed by atoms with Crippen LogP contribution in [0.3, 0.4) is 0 Å². The van der Waals surface area contributed by atoms with Gasteiger partial charge in [0.25, 0.3) is 0 Å². The molecule has 1 heterocycles. The Morgan fingerprint density at radius 1 is 1.28 bits per heavy atom. The van der Waals surface area contributed by atoms with Crippen molar-refractivity contribution in [2.24, 2.45) is 5.41 Å². The van der Waals surface area contributed by atoms with Crippen LogP contribution < -0.4 is 0 Å². The van der Waals surface area contributed by atoms with Gasteiger partial charge in [-0.2, -0.15) is 0 Å². The molecule has 0 aliphatic heterocycles. The summed E-state index contributed by atoms with van der Waals surface area (Å²) in [6.07, 6.45) is 13.1. The van der Waals surface area contributed by atoms with Crippen LogP contribution in [0.15, 0.2) is 36.0 Å². The van der Waals surface area contributed by atoms with Gasteiger partial charge >= 0.3 is 0 Å². The fraction of sp³-hybridized carbons (Fsp3) is 0.438. The van der Waals surface area contributed by atoms with Crippen molar-refractivity contribution in [1.82, 2.24) is 4.98 Å². The van der Waals surface area contributed by atoms with E-state index in [1.807, 2.05) is 11.3 Å². The molecule has 1 aromatic rings. The first-order valence-electron chi connectivity index (χ1n) is 6.53. The van der Waals surface area contributed by atoms with E-state index < -0.39 is 0 Å². The average molecular weight is 259 g/mol. The molecule has 0 fully saturated rings. The zero-order valence-corrected chi connectivity index (χ0v) is 12.5. The third-order valence-electron chi connectivity index (χ3n) is 3.19. The number of aryl methyl sites for hydroxylation is 2. The number of hydrogen-bond donors (Lipinski definition) is 0. The molecule has 0 bridgehead atoms. The average Bonchev–Trinajstić information content (AvgIpc) is 2.56. The second-order valence-corrected chi connectivity index (χ2v) is 6.68. The van der Waals surface area contributed by atoms with Gasteiger partial charge in [0.1, 0.15) is 0 Å². The number of rotatable bonds is 3. The molecule has 0 aromatic carbocycles. The maximum atomic E-state index is 4.71. The fourth-order valence-electron chi connectivity index (χ4n) is 2.04. The summed E-state index contributed by atoms with van der Waals surface area (Å²) in [5.74, 6) is 0. The van der Waals surface area contributed by atoms with E-state index in [9.17, 15) is 0 Å². The molecule has 1 aliphatic carbocycles. The van der Waals surface area contributed by atoms with E-state index in [2.05, 4.69) is 58.1 Å². The summed E-state index contributed by atoms with van der Waals surface area (Å²) in [5, 5.41) is 1.23. The number of aromatic nitrogens is 1. The number of allylic oxidation sites excluding steroid dienone is 6. The number of thiazole rings is 1. The van der Waals surface area contributed by atoms with E-state index in [1.54, 1.807) is 0 Å². The minimum absolute atomic E-state index is 0.158. The Labute approximate surface area is 114 Å². The second kappa shape index (κ2) is 5.23. The smallest absolute Gasteiger partial charge is 0.0974 e. The molecule has 0 spiro atoms. The van der Waals surface area contributed by atoms with Crippen LogP contribution in [-0.4, -0.2) is 4.98 Å². The van der Waals surface area contributed by atoms with Crippen LogP contribution in [0.1, 0.15) is 36.3 Å². The van der Waals surface area contributed by atoms with Gasteiger partial charge in [-0.3, -0.25) is 0 Å². The van der Waals surface area contributed by atoms with Crippen LogP contribution in [0, 0.1) is 12.3 Å². The van der Waals surface area contributed by atoms with Crippen LogP contribution in [0.5, 0.6) is 0 Å². The molecule has 0 N–H and O–H groups in total. The van der Waals surface area contributed by atoms with Crippen molar-refractivity contribution in [2.75, 3.05) is 0 Å². The Hall–Kier alpha value is -1.15. The quantitative estimate of drug-likeness (QED) is 0.771. The van der Waals surface area contributed by atoms with E-state index in [1.165, 1.54) is 21.2 Å². The fourth-order valence-corrected chi connectivity index (χ4v) is 3.09. The molecular formula is C16H21NS. The van der Waals surface area contributed by atoms with E-state index >= 15 is 0 Å². The summed E-state index contributed by atoms with van der Waals surface area (Å²) in [5.41, 5.74) is 2.75. The lowest BCUT2D eigenvalue weighted by atomic mass is 9.93. The first-order chi connectivity index (χ1) is 8.50. The SMILES string of the molecule is CCc1nc(CC2=CC=CC(C)(C)C=C2)sc1C. The second-order valence-electron chi connectivity index (χ2n) is 5.40.